The molecule has 0 rings (SSSR count). The zero-order valence-corrected chi connectivity index (χ0v) is 32.5. The van der Waals surface area contributed by atoms with Crippen LogP contribution in [0, 0.1) is 0 Å². The summed E-state index contributed by atoms with van der Waals surface area (Å²) in [7, 11) is -4.78. The Morgan fingerprint density at radius 2 is 1.14 bits per heavy atom. The minimum absolute atomic E-state index is 0.169. The third-order valence-corrected chi connectivity index (χ3v) is 8.27. The SMILES string of the molecule is CCCCCC/C=C\C=C/CCCCCCCC(=O)O[C@H](COC(=O)CCC/C=C\C/C=C\C/C=C\C/C=C\CC(O)CCC)COP(=O)(O)O. The molecule has 0 aliphatic heterocycles. The number of hydrogen-bond donors (Lipinski definition) is 3. The highest BCUT2D eigenvalue weighted by molar-refractivity contribution is 7.46. The molecule has 0 saturated heterocycles. The topological polar surface area (TPSA) is 140 Å². The Balaban J connectivity index is 4.13. The monoisotopic (exact) mass is 736 g/mol. The quantitative estimate of drug-likeness (QED) is 0.0194. The van der Waals surface area contributed by atoms with E-state index in [0.29, 0.717) is 25.7 Å². The Bertz CT molecular complexity index is 1070. The molecule has 0 radical (unpaired) electrons. The van der Waals surface area contributed by atoms with Crippen LogP contribution in [0.5, 0.6) is 0 Å². The van der Waals surface area contributed by atoms with E-state index >= 15 is 0 Å². The second kappa shape index (κ2) is 35.8. The first kappa shape index (κ1) is 48.5. The molecule has 0 bridgehead atoms. The second-order valence-corrected chi connectivity index (χ2v) is 14.0. The lowest BCUT2D eigenvalue weighted by Gasteiger charge is -2.18. The number of esters is 2. The maximum atomic E-state index is 12.4. The van der Waals surface area contributed by atoms with Gasteiger partial charge in [-0.15, -0.1) is 0 Å². The minimum atomic E-state index is -4.78. The largest absolute Gasteiger partial charge is 0.469 e. The van der Waals surface area contributed by atoms with E-state index in [1.54, 1.807) is 0 Å². The average molecular weight is 737 g/mol. The molecule has 0 saturated carbocycles. The first-order valence-corrected chi connectivity index (χ1v) is 20.9. The number of ether oxygens (including phenoxy) is 2. The first-order chi connectivity index (χ1) is 24.7. The summed E-state index contributed by atoms with van der Waals surface area (Å²) in [6, 6.07) is 0. The lowest BCUT2D eigenvalue weighted by atomic mass is 10.1. The Labute approximate surface area is 309 Å². The van der Waals surface area contributed by atoms with Gasteiger partial charge in [-0.05, 0) is 77.0 Å². The van der Waals surface area contributed by atoms with Crippen molar-refractivity contribution in [2.45, 2.75) is 161 Å². The maximum absolute atomic E-state index is 12.4. The van der Waals surface area contributed by atoms with E-state index in [0.717, 1.165) is 70.6 Å². The molecule has 1 unspecified atom stereocenters. The number of aliphatic hydroxyl groups excluding tert-OH is 1. The van der Waals surface area contributed by atoms with Gasteiger partial charge in [0, 0.05) is 12.8 Å². The Hall–Kier alpha value is -2.55. The summed E-state index contributed by atoms with van der Waals surface area (Å²) in [5.41, 5.74) is 0. The average Bonchev–Trinajstić information content (AvgIpc) is 3.09. The third kappa shape index (κ3) is 38.5. The number of hydrogen-bond acceptors (Lipinski definition) is 7. The van der Waals surface area contributed by atoms with Gasteiger partial charge in [0.1, 0.15) is 6.61 Å². The summed E-state index contributed by atoms with van der Waals surface area (Å²) in [4.78, 5) is 42.7. The molecule has 0 aliphatic carbocycles. The van der Waals surface area contributed by atoms with Crippen LogP contribution < -0.4 is 0 Å². The van der Waals surface area contributed by atoms with Crippen molar-refractivity contribution in [3.63, 3.8) is 0 Å². The highest BCUT2D eigenvalue weighted by atomic mass is 31.2. The van der Waals surface area contributed by atoms with Gasteiger partial charge in [0.15, 0.2) is 6.10 Å². The summed E-state index contributed by atoms with van der Waals surface area (Å²) in [6.45, 7) is 3.38. The summed E-state index contributed by atoms with van der Waals surface area (Å²) in [5.74, 6) is -0.996. The van der Waals surface area contributed by atoms with Crippen molar-refractivity contribution in [1.82, 2.24) is 0 Å². The fourth-order valence-corrected chi connectivity index (χ4v) is 5.26. The Morgan fingerprint density at radius 3 is 1.75 bits per heavy atom. The molecule has 3 N–H and O–H groups in total. The highest BCUT2D eigenvalue weighted by Crippen LogP contribution is 2.36. The highest BCUT2D eigenvalue weighted by Gasteiger charge is 2.22. The second-order valence-electron chi connectivity index (χ2n) is 12.8. The number of phosphoric ester groups is 1. The van der Waals surface area contributed by atoms with Crippen LogP contribution in [0.2, 0.25) is 0 Å². The molecule has 51 heavy (non-hydrogen) atoms. The van der Waals surface area contributed by atoms with Crippen molar-refractivity contribution in [3.05, 3.63) is 72.9 Å². The first-order valence-electron chi connectivity index (χ1n) is 19.3. The van der Waals surface area contributed by atoms with E-state index < -0.39 is 32.5 Å². The molecule has 0 spiro atoms. The van der Waals surface area contributed by atoms with Gasteiger partial charge in [-0.25, -0.2) is 4.57 Å². The van der Waals surface area contributed by atoms with Gasteiger partial charge < -0.3 is 24.4 Å². The van der Waals surface area contributed by atoms with Crippen molar-refractivity contribution >= 4 is 19.8 Å². The van der Waals surface area contributed by atoms with Crippen LogP contribution in [0.15, 0.2) is 72.9 Å². The predicted molar refractivity (Wildman–Crippen MR) is 208 cm³/mol. The lowest BCUT2D eigenvalue weighted by molar-refractivity contribution is -0.161. The third-order valence-electron chi connectivity index (χ3n) is 7.78. The normalized spacial score (nSPS) is 13.9. The van der Waals surface area contributed by atoms with Crippen LogP contribution in [0.25, 0.3) is 0 Å². The summed E-state index contributed by atoms with van der Waals surface area (Å²) in [5, 5.41) is 9.69. The minimum Gasteiger partial charge on any atom is -0.462 e. The van der Waals surface area contributed by atoms with Crippen molar-refractivity contribution in [2.75, 3.05) is 13.2 Å². The van der Waals surface area contributed by atoms with Crippen molar-refractivity contribution in [2.24, 2.45) is 0 Å². The van der Waals surface area contributed by atoms with Gasteiger partial charge >= 0.3 is 19.8 Å². The summed E-state index contributed by atoms with van der Waals surface area (Å²) in [6.07, 6.45) is 42.6. The number of unbranched alkanes of at least 4 members (excludes halogenated alkanes) is 10. The zero-order chi connectivity index (χ0) is 37.7. The van der Waals surface area contributed by atoms with Gasteiger partial charge in [0.25, 0.3) is 0 Å². The molecule has 0 aromatic rings. The zero-order valence-electron chi connectivity index (χ0n) is 31.6. The molecular formula is C41H69O9P. The molecule has 0 aliphatic rings. The van der Waals surface area contributed by atoms with E-state index in [4.69, 9.17) is 19.3 Å². The van der Waals surface area contributed by atoms with Gasteiger partial charge in [0.05, 0.1) is 12.7 Å². The van der Waals surface area contributed by atoms with Crippen LogP contribution in [0.4, 0.5) is 0 Å². The van der Waals surface area contributed by atoms with Gasteiger partial charge in [0.2, 0.25) is 0 Å². The number of carbonyl (C=O) groups is 2. The number of carbonyl (C=O) groups excluding carboxylic acids is 2. The Kier molecular flexibility index (Phi) is 34.0. The van der Waals surface area contributed by atoms with E-state index in [9.17, 15) is 19.3 Å². The van der Waals surface area contributed by atoms with E-state index in [1.165, 1.54) is 25.7 Å². The molecule has 2 atom stereocenters. The number of phosphoric acid groups is 1. The van der Waals surface area contributed by atoms with Crippen LogP contribution in [0.3, 0.4) is 0 Å². The maximum Gasteiger partial charge on any atom is 0.469 e. The van der Waals surface area contributed by atoms with Crippen LogP contribution in [0.1, 0.15) is 149 Å². The standard InChI is InChI=1S/C41H69O9P/c1-3-5-6-7-8-9-10-11-12-15-19-22-25-28-31-35-41(44)50-39(37-49-51(45,46)47)36-48-40(43)34-30-27-24-21-18-16-13-14-17-20-23-26-29-33-38(42)32-4-2/h9-13,16-17,20-21,24,26,29,38-39,42H,3-8,14-15,18-19,22-23,25,27-28,30-37H2,1-2H3,(H2,45,46,47)/b10-9-,12-11-,16-13-,20-17-,24-21-,29-26-/t38?,39-/m1/s1. The van der Waals surface area contributed by atoms with Gasteiger partial charge in [-0.1, -0.05) is 132 Å². The molecule has 0 aromatic carbocycles. The lowest BCUT2D eigenvalue weighted by Crippen LogP contribution is -2.29. The molecule has 10 heteroatoms. The number of allylic oxidation sites excluding steroid dienone is 11. The summed E-state index contributed by atoms with van der Waals surface area (Å²) >= 11 is 0. The number of aliphatic hydroxyl groups is 1. The van der Waals surface area contributed by atoms with Crippen molar-refractivity contribution < 1.29 is 43.0 Å². The molecule has 0 fully saturated rings. The summed E-state index contributed by atoms with van der Waals surface area (Å²) < 4.78 is 26.2. The molecule has 0 aromatic heterocycles. The Morgan fingerprint density at radius 1 is 0.608 bits per heavy atom. The molecule has 292 valence electrons. The van der Waals surface area contributed by atoms with Gasteiger partial charge in [-0.2, -0.15) is 0 Å². The molecular weight excluding hydrogens is 667 g/mol. The van der Waals surface area contributed by atoms with Crippen LogP contribution in [-0.2, 0) is 28.2 Å². The van der Waals surface area contributed by atoms with Crippen LogP contribution in [-0.4, -0.2) is 52.3 Å². The van der Waals surface area contributed by atoms with Crippen molar-refractivity contribution in [1.29, 1.82) is 0 Å². The predicted octanol–water partition coefficient (Wildman–Crippen LogP) is 10.5. The van der Waals surface area contributed by atoms with E-state index in [-0.39, 0.29) is 25.6 Å². The van der Waals surface area contributed by atoms with Gasteiger partial charge in [-0.3, -0.25) is 14.1 Å². The molecule has 0 heterocycles. The molecule has 0 amide bonds. The molecule has 9 nitrogen and oxygen atoms in total. The smallest absolute Gasteiger partial charge is 0.462 e. The van der Waals surface area contributed by atoms with Crippen molar-refractivity contribution in [3.8, 4) is 0 Å². The fourth-order valence-electron chi connectivity index (χ4n) is 4.90. The van der Waals surface area contributed by atoms with E-state index in [2.05, 4.69) is 73.1 Å². The fraction of sp³-hybridized carbons (Fsp3) is 0.659. The van der Waals surface area contributed by atoms with E-state index in [1.807, 2.05) is 18.2 Å². The number of rotatable bonds is 34. The van der Waals surface area contributed by atoms with Crippen LogP contribution >= 0.6 is 7.82 Å².